The summed E-state index contributed by atoms with van der Waals surface area (Å²) in [5, 5.41) is 0. The molecule has 0 saturated carbocycles. The lowest BCUT2D eigenvalue weighted by atomic mass is 10.3. The van der Waals surface area contributed by atoms with Crippen LogP contribution in [0.25, 0.3) is 0 Å². The molecular formula is C16H32O4Si. The monoisotopic (exact) mass is 316 g/mol. The van der Waals surface area contributed by atoms with Gasteiger partial charge in [0.1, 0.15) is 0 Å². The van der Waals surface area contributed by atoms with E-state index in [0.717, 1.165) is 0 Å². The minimum atomic E-state index is -2.98. The molecule has 0 radical (unpaired) electrons. The number of hydrogen-bond acceptors (Lipinski definition) is 4. The molecule has 5 heteroatoms. The maximum atomic E-state index is 12.7. The Morgan fingerprint density at radius 2 is 1.00 bits per heavy atom. The summed E-state index contributed by atoms with van der Waals surface area (Å²) in [4.78, 5) is 25.4. The quantitative estimate of drug-likeness (QED) is 0.591. The van der Waals surface area contributed by atoms with E-state index in [1.165, 1.54) is 0 Å². The molecule has 4 nitrogen and oxygen atoms in total. The zero-order valence-electron chi connectivity index (χ0n) is 14.9. The molecule has 0 N–H and O–H groups in total. The Morgan fingerprint density at radius 3 is 1.19 bits per heavy atom. The van der Waals surface area contributed by atoms with E-state index in [-0.39, 0.29) is 35.2 Å². The highest BCUT2D eigenvalue weighted by molar-refractivity contribution is 7.23. The molecule has 0 heterocycles. The third kappa shape index (κ3) is 6.63. The molecule has 0 spiro atoms. The van der Waals surface area contributed by atoms with Crippen LogP contribution in [0.3, 0.4) is 0 Å². The van der Waals surface area contributed by atoms with Crippen molar-refractivity contribution in [2.45, 2.75) is 79.7 Å². The first-order valence-electron chi connectivity index (χ1n) is 7.93. The normalized spacial score (nSPS) is 12.4. The van der Waals surface area contributed by atoms with Gasteiger partial charge in [-0.05, 0) is 51.6 Å². The number of rotatable bonds is 8. The molecule has 0 rings (SSSR count). The third-order valence-electron chi connectivity index (χ3n) is 2.98. The standard InChI is InChI=1S/C16H32O4Si/c1-11(2)9-21(10-12(3)4,15(17)19-13(5)6)16(18)20-14(7)8/h11-14H,9-10H2,1-8H3. The van der Waals surface area contributed by atoms with E-state index < -0.39 is 8.07 Å². The fraction of sp³-hybridized carbons (Fsp3) is 0.875. The van der Waals surface area contributed by atoms with Gasteiger partial charge in [-0.2, -0.15) is 0 Å². The van der Waals surface area contributed by atoms with Gasteiger partial charge in [-0.15, -0.1) is 0 Å². The third-order valence-corrected chi connectivity index (χ3v) is 7.81. The molecule has 0 bridgehead atoms. The largest absolute Gasteiger partial charge is 0.467 e. The maximum Gasteiger partial charge on any atom is 0.312 e. The summed E-state index contributed by atoms with van der Waals surface area (Å²) in [6.45, 7) is 15.4. The van der Waals surface area contributed by atoms with Gasteiger partial charge in [-0.1, -0.05) is 27.7 Å². The number of hydrogen-bond donors (Lipinski definition) is 0. The van der Waals surface area contributed by atoms with Crippen molar-refractivity contribution in [3.05, 3.63) is 0 Å². The van der Waals surface area contributed by atoms with Crippen LogP contribution in [0, 0.1) is 11.8 Å². The van der Waals surface area contributed by atoms with Gasteiger partial charge < -0.3 is 9.47 Å². The smallest absolute Gasteiger partial charge is 0.312 e. The highest BCUT2D eigenvalue weighted by atomic mass is 28.3. The second-order valence-electron chi connectivity index (χ2n) is 7.19. The van der Waals surface area contributed by atoms with Crippen LogP contribution in [0.4, 0.5) is 9.59 Å². The topological polar surface area (TPSA) is 52.6 Å². The Kier molecular flexibility index (Phi) is 8.22. The Morgan fingerprint density at radius 1 is 0.714 bits per heavy atom. The SMILES string of the molecule is CC(C)C[Si](CC(C)C)(C(=O)OC(C)C)C(=O)OC(C)C. The van der Waals surface area contributed by atoms with E-state index in [1.807, 2.05) is 55.4 Å². The minimum absolute atomic E-state index is 0.212. The molecule has 0 aromatic carbocycles. The Balaban J connectivity index is 5.60. The van der Waals surface area contributed by atoms with E-state index in [0.29, 0.717) is 12.1 Å². The first kappa shape index (κ1) is 20.2. The number of ether oxygens (including phenoxy) is 2. The fourth-order valence-electron chi connectivity index (χ4n) is 2.55. The van der Waals surface area contributed by atoms with E-state index in [1.54, 1.807) is 0 Å². The highest BCUT2D eigenvalue weighted by Crippen LogP contribution is 2.30. The molecule has 0 amide bonds. The average Bonchev–Trinajstić information content (AvgIpc) is 2.24. The predicted molar refractivity (Wildman–Crippen MR) is 88.3 cm³/mol. The molecule has 0 unspecified atom stereocenters. The second kappa shape index (κ2) is 8.56. The molecule has 0 aliphatic carbocycles. The van der Waals surface area contributed by atoms with Gasteiger partial charge in [0.15, 0.2) is 0 Å². The van der Waals surface area contributed by atoms with Crippen LogP contribution in [0.1, 0.15) is 55.4 Å². The van der Waals surface area contributed by atoms with Gasteiger partial charge in [0, 0.05) is 0 Å². The van der Waals surface area contributed by atoms with Crippen LogP contribution < -0.4 is 0 Å². The van der Waals surface area contributed by atoms with E-state index in [9.17, 15) is 9.59 Å². The minimum Gasteiger partial charge on any atom is -0.467 e. The molecule has 124 valence electrons. The van der Waals surface area contributed by atoms with Crippen molar-refractivity contribution < 1.29 is 19.1 Å². The Bertz CT molecular complexity index is 314. The van der Waals surface area contributed by atoms with Crippen molar-refractivity contribution in [3.63, 3.8) is 0 Å². The van der Waals surface area contributed by atoms with Crippen molar-refractivity contribution in [1.29, 1.82) is 0 Å². The first-order chi connectivity index (χ1) is 9.51. The van der Waals surface area contributed by atoms with Crippen LogP contribution in [-0.4, -0.2) is 31.5 Å². The van der Waals surface area contributed by atoms with Gasteiger partial charge in [0.2, 0.25) is 0 Å². The molecule has 0 aliphatic rings. The lowest BCUT2D eigenvalue weighted by molar-refractivity contribution is 0.128. The molecule has 0 aromatic heterocycles. The Hall–Kier alpha value is -0.843. The van der Waals surface area contributed by atoms with Crippen LogP contribution in [0.15, 0.2) is 0 Å². The van der Waals surface area contributed by atoms with Gasteiger partial charge in [-0.25, -0.2) is 0 Å². The summed E-state index contributed by atoms with van der Waals surface area (Å²) in [5.74, 6) is 0.518. The molecule has 0 aliphatic heterocycles. The van der Waals surface area contributed by atoms with Crippen molar-refractivity contribution in [3.8, 4) is 0 Å². The summed E-state index contributed by atoms with van der Waals surface area (Å²) in [7, 11) is -2.98. The van der Waals surface area contributed by atoms with Gasteiger partial charge >= 0.3 is 8.07 Å². The van der Waals surface area contributed by atoms with E-state index in [4.69, 9.17) is 9.47 Å². The Labute approximate surface area is 130 Å². The molecule has 0 fully saturated rings. The summed E-state index contributed by atoms with van der Waals surface area (Å²) >= 11 is 0. The predicted octanol–water partition coefficient (Wildman–Crippen LogP) is 5.00. The molecular weight excluding hydrogens is 284 g/mol. The molecule has 0 atom stereocenters. The zero-order chi connectivity index (χ0) is 16.8. The number of carbonyl (C=O) groups is 2. The van der Waals surface area contributed by atoms with Crippen LogP contribution in [0.5, 0.6) is 0 Å². The lowest BCUT2D eigenvalue weighted by Crippen LogP contribution is -2.55. The van der Waals surface area contributed by atoms with Gasteiger partial charge in [0.05, 0.1) is 12.2 Å². The van der Waals surface area contributed by atoms with E-state index >= 15 is 0 Å². The summed E-state index contributed by atoms with van der Waals surface area (Å²) in [6.07, 6.45) is -0.425. The summed E-state index contributed by atoms with van der Waals surface area (Å²) in [6, 6.07) is 1.17. The van der Waals surface area contributed by atoms with E-state index in [2.05, 4.69) is 0 Å². The van der Waals surface area contributed by atoms with Crippen molar-refractivity contribution in [2.75, 3.05) is 0 Å². The molecule has 21 heavy (non-hydrogen) atoms. The first-order valence-corrected chi connectivity index (χ1v) is 10.3. The van der Waals surface area contributed by atoms with Crippen molar-refractivity contribution >= 4 is 19.3 Å². The fourth-order valence-corrected chi connectivity index (χ4v) is 7.26. The maximum absolute atomic E-state index is 12.7. The number of carbonyl (C=O) groups excluding carboxylic acids is 2. The van der Waals surface area contributed by atoms with Crippen LogP contribution in [-0.2, 0) is 9.47 Å². The second-order valence-corrected chi connectivity index (χ2v) is 11.0. The molecule has 0 saturated heterocycles. The molecule has 0 aromatic rings. The van der Waals surface area contributed by atoms with Gasteiger partial charge in [0.25, 0.3) is 11.2 Å². The van der Waals surface area contributed by atoms with Crippen LogP contribution in [0.2, 0.25) is 12.1 Å². The van der Waals surface area contributed by atoms with Crippen LogP contribution >= 0.6 is 0 Å². The van der Waals surface area contributed by atoms with Gasteiger partial charge in [-0.3, -0.25) is 9.59 Å². The van der Waals surface area contributed by atoms with Crippen molar-refractivity contribution in [1.82, 2.24) is 0 Å². The highest BCUT2D eigenvalue weighted by Gasteiger charge is 2.53. The zero-order valence-corrected chi connectivity index (χ0v) is 15.9. The summed E-state index contributed by atoms with van der Waals surface area (Å²) < 4.78 is 10.9. The summed E-state index contributed by atoms with van der Waals surface area (Å²) in [5.41, 5.74) is -0.629. The average molecular weight is 317 g/mol. The lowest BCUT2D eigenvalue weighted by Gasteiger charge is -2.31. The van der Waals surface area contributed by atoms with Crippen molar-refractivity contribution in [2.24, 2.45) is 11.8 Å².